The molecule has 0 saturated carbocycles. The molecule has 0 spiro atoms. The number of aromatic amines is 1. The molecule has 0 saturated heterocycles. The highest BCUT2D eigenvalue weighted by Crippen LogP contribution is 2.27. The second kappa shape index (κ2) is 10.4. The molecule has 2 aromatic carbocycles. The molecule has 3 N–H and O–H groups in total. The number of nitrogens with zero attached hydrogens (tertiary/aromatic N) is 4. The number of nitriles is 1. The van der Waals surface area contributed by atoms with Crippen LogP contribution in [0.25, 0.3) is 5.57 Å². The third kappa shape index (κ3) is 5.36. The highest BCUT2D eigenvalue weighted by molar-refractivity contribution is 6.00. The number of hydrogen-bond donors (Lipinski definition) is 3. The summed E-state index contributed by atoms with van der Waals surface area (Å²) in [6.07, 6.45) is 2.05. The number of carbonyl (C=O) groups is 1. The molecule has 0 aliphatic heterocycles. The molecule has 0 radical (unpaired) electrons. The van der Waals surface area contributed by atoms with E-state index in [0.29, 0.717) is 35.7 Å². The van der Waals surface area contributed by atoms with Crippen molar-refractivity contribution in [1.82, 2.24) is 25.9 Å². The fraction of sp³-hybridized carbons (Fsp3) is 0.190. The second-order valence-electron chi connectivity index (χ2n) is 6.29. The maximum atomic E-state index is 12.7. The SMILES string of the molecule is COc1ccc(CCNC(=O)c2ccccc2NC=C(C#N)c2nn[nH]n2)cc1OC. The van der Waals surface area contributed by atoms with Crippen LogP contribution in [0.4, 0.5) is 5.69 Å². The number of ether oxygens (including phenoxy) is 2. The number of anilines is 1. The Morgan fingerprint density at radius 1 is 1.19 bits per heavy atom. The van der Waals surface area contributed by atoms with Crippen LogP contribution < -0.4 is 20.1 Å². The number of benzene rings is 2. The summed E-state index contributed by atoms with van der Waals surface area (Å²) in [4.78, 5) is 12.7. The molecule has 10 nitrogen and oxygen atoms in total. The number of aromatic nitrogens is 4. The molecule has 1 heterocycles. The Hall–Kier alpha value is -4.39. The maximum Gasteiger partial charge on any atom is 0.253 e. The molecular formula is C21H21N7O3. The first-order chi connectivity index (χ1) is 15.2. The van der Waals surface area contributed by atoms with Gasteiger partial charge in [-0.25, -0.2) is 0 Å². The van der Waals surface area contributed by atoms with Gasteiger partial charge in [0.2, 0.25) is 5.82 Å². The third-order valence-corrected chi connectivity index (χ3v) is 4.40. The topological polar surface area (TPSA) is 138 Å². The van der Waals surface area contributed by atoms with Crippen LogP contribution in [0.15, 0.2) is 48.7 Å². The Kier molecular flexibility index (Phi) is 7.16. The molecule has 3 rings (SSSR count). The van der Waals surface area contributed by atoms with E-state index in [9.17, 15) is 10.1 Å². The fourth-order valence-corrected chi connectivity index (χ4v) is 2.83. The number of rotatable bonds is 9. The minimum atomic E-state index is -0.241. The molecule has 3 aromatic rings. The first-order valence-corrected chi connectivity index (χ1v) is 9.35. The van der Waals surface area contributed by atoms with E-state index in [0.717, 1.165) is 5.56 Å². The van der Waals surface area contributed by atoms with E-state index in [-0.39, 0.29) is 17.3 Å². The first-order valence-electron chi connectivity index (χ1n) is 9.35. The Balaban J connectivity index is 1.64. The zero-order valence-corrected chi connectivity index (χ0v) is 17.0. The zero-order valence-electron chi connectivity index (χ0n) is 17.0. The Bertz CT molecular complexity index is 1100. The van der Waals surface area contributed by atoms with Gasteiger partial charge in [0.15, 0.2) is 11.5 Å². The van der Waals surface area contributed by atoms with E-state index in [4.69, 9.17) is 9.47 Å². The van der Waals surface area contributed by atoms with Crippen molar-refractivity contribution in [2.45, 2.75) is 6.42 Å². The summed E-state index contributed by atoms with van der Waals surface area (Å²) < 4.78 is 10.5. The number of hydrogen-bond acceptors (Lipinski definition) is 8. The van der Waals surface area contributed by atoms with Crippen LogP contribution in [-0.2, 0) is 6.42 Å². The molecule has 1 aromatic heterocycles. The number of H-pyrrole nitrogens is 1. The lowest BCUT2D eigenvalue weighted by Gasteiger charge is -2.12. The van der Waals surface area contributed by atoms with Crippen molar-refractivity contribution in [2.75, 3.05) is 26.1 Å². The number of tetrazole rings is 1. The molecule has 10 heteroatoms. The predicted molar refractivity (Wildman–Crippen MR) is 113 cm³/mol. The fourth-order valence-electron chi connectivity index (χ4n) is 2.83. The van der Waals surface area contributed by atoms with E-state index in [1.165, 1.54) is 6.20 Å². The average molecular weight is 419 g/mol. The van der Waals surface area contributed by atoms with Gasteiger partial charge in [0, 0.05) is 12.7 Å². The summed E-state index contributed by atoms with van der Waals surface area (Å²) in [5, 5.41) is 28.4. The van der Waals surface area contributed by atoms with E-state index >= 15 is 0 Å². The molecule has 1 amide bonds. The summed E-state index contributed by atoms with van der Waals surface area (Å²) in [5.74, 6) is 1.21. The number of methoxy groups -OCH3 is 2. The highest BCUT2D eigenvalue weighted by atomic mass is 16.5. The van der Waals surface area contributed by atoms with E-state index in [1.807, 2.05) is 24.3 Å². The lowest BCUT2D eigenvalue weighted by atomic mass is 10.1. The first kappa shape index (κ1) is 21.3. The third-order valence-electron chi connectivity index (χ3n) is 4.40. The van der Waals surface area contributed by atoms with Crippen molar-refractivity contribution >= 4 is 17.2 Å². The van der Waals surface area contributed by atoms with Crippen LogP contribution in [-0.4, -0.2) is 47.3 Å². The number of amides is 1. The highest BCUT2D eigenvalue weighted by Gasteiger charge is 2.12. The normalized spacial score (nSPS) is 10.8. The molecule has 0 aliphatic carbocycles. The smallest absolute Gasteiger partial charge is 0.253 e. The Morgan fingerprint density at radius 2 is 2.00 bits per heavy atom. The average Bonchev–Trinajstić information content (AvgIpc) is 3.34. The molecule has 0 unspecified atom stereocenters. The van der Waals surface area contributed by atoms with Gasteiger partial charge in [0.1, 0.15) is 11.6 Å². The van der Waals surface area contributed by atoms with Gasteiger partial charge in [0.25, 0.3) is 5.91 Å². The van der Waals surface area contributed by atoms with Gasteiger partial charge in [-0.1, -0.05) is 18.2 Å². The van der Waals surface area contributed by atoms with Gasteiger partial charge < -0.3 is 20.1 Å². The summed E-state index contributed by atoms with van der Waals surface area (Å²) in [6.45, 7) is 0.435. The van der Waals surface area contributed by atoms with Gasteiger partial charge in [-0.15, -0.1) is 10.2 Å². The summed E-state index contributed by atoms with van der Waals surface area (Å²) in [6, 6.07) is 14.6. The van der Waals surface area contributed by atoms with Gasteiger partial charge in [-0.2, -0.15) is 10.5 Å². The number of nitrogens with one attached hydrogen (secondary N) is 3. The summed E-state index contributed by atoms with van der Waals surface area (Å²) >= 11 is 0. The van der Waals surface area contributed by atoms with Crippen LogP contribution in [0.1, 0.15) is 21.7 Å². The van der Waals surface area contributed by atoms with Crippen LogP contribution >= 0.6 is 0 Å². The van der Waals surface area contributed by atoms with Crippen LogP contribution in [0, 0.1) is 11.3 Å². The van der Waals surface area contributed by atoms with Crippen molar-refractivity contribution in [1.29, 1.82) is 5.26 Å². The quantitative estimate of drug-likeness (QED) is 0.449. The minimum absolute atomic E-state index is 0.159. The van der Waals surface area contributed by atoms with E-state index in [2.05, 4.69) is 31.3 Å². The van der Waals surface area contributed by atoms with Crippen LogP contribution in [0.2, 0.25) is 0 Å². The van der Waals surface area contributed by atoms with Crippen LogP contribution in [0.3, 0.4) is 0 Å². The molecular weight excluding hydrogens is 398 g/mol. The van der Waals surface area contributed by atoms with Crippen LogP contribution in [0.5, 0.6) is 11.5 Å². The maximum absolute atomic E-state index is 12.7. The molecule has 0 bridgehead atoms. The van der Waals surface area contributed by atoms with Crippen molar-refractivity contribution < 1.29 is 14.3 Å². The van der Waals surface area contributed by atoms with Crippen molar-refractivity contribution in [3.8, 4) is 17.6 Å². The molecule has 0 atom stereocenters. The van der Waals surface area contributed by atoms with Crippen molar-refractivity contribution in [3.63, 3.8) is 0 Å². The number of para-hydroxylation sites is 1. The monoisotopic (exact) mass is 419 g/mol. The zero-order chi connectivity index (χ0) is 22.1. The minimum Gasteiger partial charge on any atom is -0.493 e. The lowest BCUT2D eigenvalue weighted by molar-refractivity contribution is 0.0955. The molecule has 0 aliphatic rings. The standard InChI is InChI=1S/C21H21N7O3/c1-30-18-8-7-14(11-19(18)31-2)9-10-23-21(29)16-5-3-4-6-17(16)24-13-15(12-22)20-25-27-28-26-20/h3-8,11,13,24H,9-10H2,1-2H3,(H,23,29)(H,25,26,27,28). The summed E-state index contributed by atoms with van der Waals surface area (Å²) in [7, 11) is 3.17. The van der Waals surface area contributed by atoms with Gasteiger partial charge in [-0.3, -0.25) is 4.79 Å². The van der Waals surface area contributed by atoms with Crippen molar-refractivity contribution in [3.05, 3.63) is 65.6 Å². The Morgan fingerprint density at radius 3 is 2.71 bits per heavy atom. The second-order valence-corrected chi connectivity index (χ2v) is 6.29. The molecule has 31 heavy (non-hydrogen) atoms. The Labute approximate surface area is 178 Å². The summed E-state index contributed by atoms with van der Waals surface area (Å²) in [5.41, 5.74) is 2.17. The van der Waals surface area contributed by atoms with E-state index < -0.39 is 0 Å². The molecule has 158 valence electrons. The van der Waals surface area contributed by atoms with E-state index in [1.54, 1.807) is 38.5 Å². The largest absolute Gasteiger partial charge is 0.493 e. The predicted octanol–water partition coefficient (Wildman–Crippen LogP) is 2.17. The van der Waals surface area contributed by atoms with Gasteiger partial charge in [-0.05, 0) is 41.5 Å². The van der Waals surface area contributed by atoms with Gasteiger partial charge in [0.05, 0.1) is 25.5 Å². The number of allylic oxidation sites excluding steroid dienone is 1. The molecule has 0 fully saturated rings. The van der Waals surface area contributed by atoms with Crippen molar-refractivity contribution in [2.24, 2.45) is 0 Å². The number of carbonyl (C=O) groups excluding carboxylic acids is 1. The lowest BCUT2D eigenvalue weighted by Crippen LogP contribution is -2.26. The van der Waals surface area contributed by atoms with Gasteiger partial charge >= 0.3 is 0 Å².